The van der Waals surface area contributed by atoms with Gasteiger partial charge < -0.3 is 0 Å². The molecule has 0 N–H and O–H groups in total. The summed E-state index contributed by atoms with van der Waals surface area (Å²) >= 11 is 0. The Morgan fingerprint density at radius 1 is 1.17 bits per heavy atom. The molecule has 0 saturated carbocycles. The van der Waals surface area contributed by atoms with E-state index in [1.54, 1.807) is 18.2 Å². The molecule has 92 valence electrons. The number of amides is 1. The molecule has 0 spiro atoms. The zero-order valence-electron chi connectivity index (χ0n) is 9.47. The fourth-order valence-electron chi connectivity index (χ4n) is 1.42. The SMILES string of the molecule is CN(C(=O)c1ccnc(F)c1F)c1ccccn1. The van der Waals surface area contributed by atoms with Crippen molar-refractivity contribution in [3.63, 3.8) is 0 Å². The minimum Gasteiger partial charge on any atom is -0.296 e. The van der Waals surface area contributed by atoms with E-state index in [2.05, 4.69) is 9.97 Å². The Kier molecular flexibility index (Phi) is 3.27. The van der Waals surface area contributed by atoms with Gasteiger partial charge in [-0.1, -0.05) is 6.07 Å². The molecule has 0 bridgehead atoms. The molecule has 0 radical (unpaired) electrons. The van der Waals surface area contributed by atoms with Crippen molar-refractivity contribution in [2.75, 3.05) is 11.9 Å². The maximum absolute atomic E-state index is 13.4. The van der Waals surface area contributed by atoms with Crippen LogP contribution in [0.2, 0.25) is 0 Å². The summed E-state index contributed by atoms with van der Waals surface area (Å²) in [5.41, 5.74) is -0.379. The molecule has 0 aliphatic carbocycles. The van der Waals surface area contributed by atoms with Gasteiger partial charge >= 0.3 is 0 Å². The van der Waals surface area contributed by atoms with Gasteiger partial charge in [-0.2, -0.15) is 4.39 Å². The van der Waals surface area contributed by atoms with Gasteiger partial charge in [-0.3, -0.25) is 9.69 Å². The van der Waals surface area contributed by atoms with Crippen LogP contribution in [0.4, 0.5) is 14.6 Å². The normalized spacial score (nSPS) is 10.2. The van der Waals surface area contributed by atoms with Crippen LogP contribution in [-0.2, 0) is 0 Å². The average Bonchev–Trinajstić information content (AvgIpc) is 2.41. The van der Waals surface area contributed by atoms with Crippen molar-refractivity contribution < 1.29 is 13.6 Å². The van der Waals surface area contributed by atoms with Gasteiger partial charge in [0.2, 0.25) is 5.95 Å². The molecule has 0 saturated heterocycles. The Morgan fingerprint density at radius 2 is 1.94 bits per heavy atom. The van der Waals surface area contributed by atoms with Crippen molar-refractivity contribution in [3.05, 3.63) is 54.0 Å². The van der Waals surface area contributed by atoms with E-state index < -0.39 is 17.7 Å². The van der Waals surface area contributed by atoms with Gasteiger partial charge in [0.05, 0.1) is 5.56 Å². The molecule has 0 aromatic carbocycles. The van der Waals surface area contributed by atoms with Crippen molar-refractivity contribution >= 4 is 11.7 Å². The summed E-state index contributed by atoms with van der Waals surface area (Å²) < 4.78 is 26.4. The van der Waals surface area contributed by atoms with E-state index in [9.17, 15) is 13.6 Å². The lowest BCUT2D eigenvalue weighted by atomic mass is 10.2. The van der Waals surface area contributed by atoms with Crippen LogP contribution < -0.4 is 4.90 Å². The Hall–Kier alpha value is -2.37. The second kappa shape index (κ2) is 4.87. The van der Waals surface area contributed by atoms with Crippen LogP contribution in [0.1, 0.15) is 10.4 Å². The largest absolute Gasteiger partial charge is 0.296 e. The number of carbonyl (C=O) groups excluding carboxylic acids is 1. The van der Waals surface area contributed by atoms with Crippen molar-refractivity contribution in [2.24, 2.45) is 0 Å². The highest BCUT2D eigenvalue weighted by atomic mass is 19.2. The molecule has 0 aliphatic heterocycles. The standard InChI is InChI=1S/C12H9F2N3O/c1-17(9-4-2-3-6-15-9)12(18)8-5-7-16-11(14)10(8)13/h2-7H,1H3. The van der Waals surface area contributed by atoms with Gasteiger partial charge in [0.25, 0.3) is 5.91 Å². The summed E-state index contributed by atoms with van der Waals surface area (Å²) in [7, 11) is 1.43. The Morgan fingerprint density at radius 3 is 2.61 bits per heavy atom. The van der Waals surface area contributed by atoms with Gasteiger partial charge in [-0.05, 0) is 18.2 Å². The smallest absolute Gasteiger partial charge is 0.262 e. The van der Waals surface area contributed by atoms with Crippen LogP contribution >= 0.6 is 0 Å². The molecule has 0 aliphatic rings. The van der Waals surface area contributed by atoms with Crippen molar-refractivity contribution in [2.45, 2.75) is 0 Å². The number of pyridine rings is 2. The minimum atomic E-state index is -1.30. The third-order valence-corrected chi connectivity index (χ3v) is 2.37. The van der Waals surface area contributed by atoms with E-state index in [4.69, 9.17) is 0 Å². The van der Waals surface area contributed by atoms with E-state index in [-0.39, 0.29) is 5.56 Å². The summed E-state index contributed by atoms with van der Waals surface area (Å²) in [5.74, 6) is -2.90. The van der Waals surface area contributed by atoms with Crippen molar-refractivity contribution in [1.29, 1.82) is 0 Å². The Balaban J connectivity index is 2.35. The van der Waals surface area contributed by atoms with Crippen LogP contribution in [0.5, 0.6) is 0 Å². The second-order valence-electron chi connectivity index (χ2n) is 3.52. The van der Waals surface area contributed by atoms with Gasteiger partial charge in [0, 0.05) is 19.4 Å². The third kappa shape index (κ3) is 2.17. The van der Waals surface area contributed by atoms with Crippen molar-refractivity contribution in [1.82, 2.24) is 9.97 Å². The predicted molar refractivity (Wildman–Crippen MR) is 61.1 cm³/mol. The maximum Gasteiger partial charge on any atom is 0.262 e. The minimum absolute atomic E-state index is 0.346. The van der Waals surface area contributed by atoms with Crippen LogP contribution in [0, 0.1) is 11.8 Å². The lowest BCUT2D eigenvalue weighted by molar-refractivity contribution is 0.0987. The van der Waals surface area contributed by atoms with Gasteiger partial charge in [-0.15, -0.1) is 0 Å². The number of halogens is 2. The number of hydrogen-bond donors (Lipinski definition) is 0. The van der Waals surface area contributed by atoms with E-state index in [0.717, 1.165) is 17.2 Å². The number of hydrogen-bond acceptors (Lipinski definition) is 3. The van der Waals surface area contributed by atoms with Crippen molar-refractivity contribution in [3.8, 4) is 0 Å². The first kappa shape index (κ1) is 12.1. The van der Waals surface area contributed by atoms with E-state index in [1.165, 1.54) is 13.2 Å². The first-order valence-corrected chi connectivity index (χ1v) is 5.10. The fourth-order valence-corrected chi connectivity index (χ4v) is 1.42. The molecular weight excluding hydrogens is 240 g/mol. The zero-order chi connectivity index (χ0) is 13.1. The Bertz CT molecular complexity index is 575. The molecule has 4 nitrogen and oxygen atoms in total. The summed E-state index contributed by atoms with van der Waals surface area (Å²) in [6.07, 6.45) is 2.54. The van der Waals surface area contributed by atoms with Gasteiger partial charge in [-0.25, -0.2) is 14.4 Å². The average molecular weight is 249 g/mol. The highest BCUT2D eigenvalue weighted by molar-refractivity contribution is 6.05. The molecule has 0 fully saturated rings. The van der Waals surface area contributed by atoms with E-state index in [1.807, 2.05) is 0 Å². The molecule has 0 atom stereocenters. The highest BCUT2D eigenvalue weighted by Gasteiger charge is 2.20. The maximum atomic E-state index is 13.4. The zero-order valence-corrected chi connectivity index (χ0v) is 9.47. The van der Waals surface area contributed by atoms with E-state index >= 15 is 0 Å². The predicted octanol–water partition coefficient (Wildman–Crippen LogP) is 2.03. The molecule has 18 heavy (non-hydrogen) atoms. The number of rotatable bonds is 2. The quantitative estimate of drug-likeness (QED) is 0.765. The van der Waals surface area contributed by atoms with Crippen LogP contribution in [0.3, 0.4) is 0 Å². The van der Waals surface area contributed by atoms with Crippen LogP contribution in [-0.4, -0.2) is 22.9 Å². The first-order valence-electron chi connectivity index (χ1n) is 5.10. The summed E-state index contributed by atoms with van der Waals surface area (Å²) in [6.45, 7) is 0. The fraction of sp³-hybridized carbons (Fsp3) is 0.0833. The number of anilines is 1. The third-order valence-electron chi connectivity index (χ3n) is 2.37. The molecule has 2 aromatic heterocycles. The lowest BCUT2D eigenvalue weighted by Crippen LogP contribution is -2.28. The summed E-state index contributed by atoms with van der Waals surface area (Å²) in [5, 5.41) is 0. The lowest BCUT2D eigenvalue weighted by Gasteiger charge is -2.16. The van der Waals surface area contributed by atoms with Gasteiger partial charge in [0.15, 0.2) is 5.82 Å². The number of nitrogens with zero attached hydrogens (tertiary/aromatic N) is 3. The molecule has 1 amide bonds. The second-order valence-corrected chi connectivity index (χ2v) is 3.52. The molecule has 2 rings (SSSR count). The Labute approximate surface area is 102 Å². The molecule has 2 aromatic rings. The van der Waals surface area contributed by atoms with E-state index in [0.29, 0.717) is 5.82 Å². The molecular formula is C12H9F2N3O. The van der Waals surface area contributed by atoms with Crippen LogP contribution in [0.15, 0.2) is 36.7 Å². The van der Waals surface area contributed by atoms with Crippen LogP contribution in [0.25, 0.3) is 0 Å². The summed E-state index contributed by atoms with van der Waals surface area (Å²) in [6, 6.07) is 6.09. The monoisotopic (exact) mass is 249 g/mol. The topological polar surface area (TPSA) is 46.1 Å². The highest BCUT2D eigenvalue weighted by Crippen LogP contribution is 2.15. The molecule has 2 heterocycles. The molecule has 0 unspecified atom stereocenters. The number of aromatic nitrogens is 2. The molecule has 6 heteroatoms. The first-order chi connectivity index (χ1) is 8.61. The number of carbonyl (C=O) groups is 1. The summed E-state index contributed by atoms with van der Waals surface area (Å²) in [4.78, 5) is 20.2. The van der Waals surface area contributed by atoms with Gasteiger partial charge in [0.1, 0.15) is 5.82 Å².